The number of nitrogens with zero attached hydrogens (tertiary/aromatic N) is 2. The Kier molecular flexibility index (Phi) is 3.65. The normalized spacial score (nSPS) is 11.7. The van der Waals surface area contributed by atoms with Crippen molar-refractivity contribution in [1.82, 2.24) is 9.78 Å². The van der Waals surface area contributed by atoms with Crippen molar-refractivity contribution in [1.29, 1.82) is 0 Å². The first kappa shape index (κ1) is 14.3. The molecule has 3 nitrogen and oxygen atoms in total. The Labute approximate surface area is 114 Å². The lowest BCUT2D eigenvalue weighted by Crippen LogP contribution is -2.14. The molecule has 0 bridgehead atoms. The van der Waals surface area contributed by atoms with Crippen LogP contribution in [0.3, 0.4) is 0 Å². The number of carbonyl (C=O) groups is 1. The standard InChI is InChI=1S/C14H13F3N2O/c1-3-12-10(8-19(2)18-12)13(20)9-6-4-5-7-11(9)14(15,16)17/h4-8H,3H2,1-2H3. The van der Waals surface area contributed by atoms with Gasteiger partial charge in [0.2, 0.25) is 0 Å². The van der Waals surface area contributed by atoms with Gasteiger partial charge in [-0.1, -0.05) is 25.1 Å². The van der Waals surface area contributed by atoms with Crippen molar-refractivity contribution >= 4 is 5.78 Å². The van der Waals surface area contributed by atoms with Gasteiger partial charge in [0.1, 0.15) is 0 Å². The lowest BCUT2D eigenvalue weighted by molar-refractivity contribution is -0.137. The number of hydrogen-bond acceptors (Lipinski definition) is 2. The van der Waals surface area contributed by atoms with Gasteiger partial charge < -0.3 is 0 Å². The molecule has 0 aliphatic heterocycles. The van der Waals surface area contributed by atoms with Crippen molar-refractivity contribution < 1.29 is 18.0 Å². The predicted octanol–water partition coefficient (Wildman–Crippen LogP) is 3.23. The van der Waals surface area contributed by atoms with Crippen LogP contribution in [0.4, 0.5) is 13.2 Å². The molecule has 0 aliphatic rings. The number of aryl methyl sites for hydroxylation is 2. The SMILES string of the molecule is CCc1nn(C)cc1C(=O)c1ccccc1C(F)(F)F. The van der Waals surface area contributed by atoms with Crippen LogP contribution in [0, 0.1) is 0 Å². The van der Waals surface area contributed by atoms with E-state index >= 15 is 0 Å². The molecule has 2 rings (SSSR count). The van der Waals surface area contributed by atoms with Crippen molar-refractivity contribution in [3.63, 3.8) is 0 Å². The molecule has 1 aromatic carbocycles. The van der Waals surface area contributed by atoms with Gasteiger partial charge in [-0.2, -0.15) is 18.3 Å². The summed E-state index contributed by atoms with van der Waals surface area (Å²) < 4.78 is 40.2. The summed E-state index contributed by atoms with van der Waals surface area (Å²) in [6.07, 6.45) is -2.62. The molecule has 0 fully saturated rings. The molecule has 0 aliphatic carbocycles. The van der Waals surface area contributed by atoms with Crippen molar-refractivity contribution in [2.24, 2.45) is 7.05 Å². The molecule has 1 aromatic heterocycles. The van der Waals surface area contributed by atoms with Crippen LogP contribution in [-0.4, -0.2) is 15.6 Å². The molecule has 0 saturated heterocycles. The average molecular weight is 282 g/mol. The maximum atomic E-state index is 12.9. The average Bonchev–Trinajstić information content (AvgIpc) is 2.78. The first-order valence-electron chi connectivity index (χ1n) is 6.08. The van der Waals surface area contributed by atoms with E-state index in [2.05, 4.69) is 5.10 Å². The van der Waals surface area contributed by atoms with Gasteiger partial charge >= 0.3 is 6.18 Å². The van der Waals surface area contributed by atoms with Gasteiger partial charge in [0.05, 0.1) is 16.8 Å². The van der Waals surface area contributed by atoms with Gasteiger partial charge in [0.15, 0.2) is 5.78 Å². The number of rotatable bonds is 3. The second kappa shape index (κ2) is 5.11. The zero-order valence-corrected chi connectivity index (χ0v) is 11.0. The topological polar surface area (TPSA) is 34.9 Å². The largest absolute Gasteiger partial charge is 0.417 e. The van der Waals surface area contributed by atoms with Crippen LogP contribution in [0.1, 0.15) is 34.1 Å². The third-order valence-corrected chi connectivity index (χ3v) is 2.96. The summed E-state index contributed by atoms with van der Waals surface area (Å²) in [4.78, 5) is 12.4. The molecule has 0 radical (unpaired) electrons. The summed E-state index contributed by atoms with van der Waals surface area (Å²) in [5, 5.41) is 4.08. The molecule has 0 unspecified atom stereocenters. The molecule has 2 aromatic rings. The Morgan fingerprint density at radius 2 is 1.90 bits per heavy atom. The first-order chi connectivity index (χ1) is 9.34. The summed E-state index contributed by atoms with van der Waals surface area (Å²) in [6.45, 7) is 1.80. The number of alkyl halides is 3. The van der Waals surface area contributed by atoms with Crippen LogP contribution in [0.5, 0.6) is 0 Å². The van der Waals surface area contributed by atoms with Crippen molar-refractivity contribution in [2.75, 3.05) is 0 Å². The zero-order valence-electron chi connectivity index (χ0n) is 11.0. The maximum absolute atomic E-state index is 12.9. The predicted molar refractivity (Wildman–Crippen MR) is 67.5 cm³/mol. The summed E-state index contributed by atoms with van der Waals surface area (Å²) in [6, 6.07) is 4.79. The monoisotopic (exact) mass is 282 g/mol. The maximum Gasteiger partial charge on any atom is 0.417 e. The third-order valence-electron chi connectivity index (χ3n) is 2.96. The minimum Gasteiger partial charge on any atom is -0.288 e. The van der Waals surface area contributed by atoms with Crippen LogP contribution in [-0.2, 0) is 19.6 Å². The van der Waals surface area contributed by atoms with Crippen molar-refractivity contribution in [2.45, 2.75) is 19.5 Å². The number of benzene rings is 1. The van der Waals surface area contributed by atoms with Gasteiger partial charge in [-0.15, -0.1) is 0 Å². The molecular weight excluding hydrogens is 269 g/mol. The minimum atomic E-state index is -4.55. The molecule has 0 atom stereocenters. The number of carbonyl (C=O) groups excluding carboxylic acids is 1. The fourth-order valence-corrected chi connectivity index (χ4v) is 2.06. The highest BCUT2D eigenvalue weighted by atomic mass is 19.4. The molecule has 6 heteroatoms. The third kappa shape index (κ3) is 2.59. The van der Waals surface area contributed by atoms with E-state index in [0.29, 0.717) is 12.1 Å². The summed E-state index contributed by atoms with van der Waals surface area (Å²) in [5.74, 6) is -0.650. The highest BCUT2D eigenvalue weighted by Gasteiger charge is 2.35. The molecule has 0 amide bonds. The number of aromatic nitrogens is 2. The van der Waals surface area contributed by atoms with E-state index in [9.17, 15) is 18.0 Å². The number of hydrogen-bond donors (Lipinski definition) is 0. The van der Waals surface area contributed by atoms with E-state index in [0.717, 1.165) is 6.07 Å². The molecule has 20 heavy (non-hydrogen) atoms. The van der Waals surface area contributed by atoms with Gasteiger partial charge in [0, 0.05) is 18.8 Å². The Balaban J connectivity index is 2.54. The van der Waals surface area contributed by atoms with Crippen LogP contribution in [0.25, 0.3) is 0 Å². The fraction of sp³-hybridized carbons (Fsp3) is 0.286. The molecule has 0 saturated carbocycles. The van der Waals surface area contributed by atoms with E-state index in [-0.39, 0.29) is 11.1 Å². The van der Waals surface area contributed by atoms with Crippen LogP contribution in [0.15, 0.2) is 30.5 Å². The molecule has 106 valence electrons. The Hall–Kier alpha value is -2.11. The lowest BCUT2D eigenvalue weighted by atomic mass is 9.98. The second-order valence-electron chi connectivity index (χ2n) is 4.39. The molecule has 0 N–H and O–H groups in total. The second-order valence-corrected chi connectivity index (χ2v) is 4.39. The number of ketones is 1. The van der Waals surface area contributed by atoms with E-state index in [1.165, 1.54) is 29.1 Å². The summed E-state index contributed by atoms with van der Waals surface area (Å²) >= 11 is 0. The quantitative estimate of drug-likeness (QED) is 0.810. The highest BCUT2D eigenvalue weighted by molar-refractivity contribution is 6.10. The van der Waals surface area contributed by atoms with E-state index in [4.69, 9.17) is 0 Å². The zero-order chi connectivity index (χ0) is 14.9. The van der Waals surface area contributed by atoms with Gasteiger partial charge in [-0.3, -0.25) is 9.48 Å². The van der Waals surface area contributed by atoms with Gasteiger partial charge in [0.25, 0.3) is 0 Å². The van der Waals surface area contributed by atoms with E-state index < -0.39 is 17.5 Å². The van der Waals surface area contributed by atoms with Gasteiger partial charge in [-0.25, -0.2) is 0 Å². The highest BCUT2D eigenvalue weighted by Crippen LogP contribution is 2.33. The summed E-state index contributed by atoms with van der Waals surface area (Å²) in [5.41, 5.74) is -0.556. The van der Waals surface area contributed by atoms with Crippen molar-refractivity contribution in [3.8, 4) is 0 Å². The van der Waals surface area contributed by atoms with Crippen molar-refractivity contribution in [3.05, 3.63) is 52.8 Å². The minimum absolute atomic E-state index is 0.215. The van der Waals surface area contributed by atoms with Crippen LogP contribution in [0.2, 0.25) is 0 Å². The molecule has 0 spiro atoms. The smallest absolute Gasteiger partial charge is 0.288 e. The Morgan fingerprint density at radius 3 is 2.50 bits per heavy atom. The van der Waals surface area contributed by atoms with Crippen LogP contribution >= 0.6 is 0 Å². The van der Waals surface area contributed by atoms with Crippen LogP contribution < -0.4 is 0 Å². The summed E-state index contributed by atoms with van der Waals surface area (Å²) in [7, 11) is 1.63. The van der Waals surface area contributed by atoms with E-state index in [1.54, 1.807) is 14.0 Å². The number of halogens is 3. The molecule has 1 heterocycles. The Morgan fingerprint density at radius 1 is 1.25 bits per heavy atom. The fourth-order valence-electron chi connectivity index (χ4n) is 2.06. The lowest BCUT2D eigenvalue weighted by Gasteiger charge is -2.11. The first-order valence-corrected chi connectivity index (χ1v) is 6.08. The van der Waals surface area contributed by atoms with E-state index in [1.807, 2.05) is 0 Å². The molecular formula is C14H13F3N2O. The Bertz CT molecular complexity index is 644. The van der Waals surface area contributed by atoms with Gasteiger partial charge in [-0.05, 0) is 12.5 Å².